The molecule has 29 heavy (non-hydrogen) atoms. The average Bonchev–Trinajstić information content (AvgIpc) is 3.18. The Morgan fingerprint density at radius 1 is 1.07 bits per heavy atom. The second-order valence-corrected chi connectivity index (χ2v) is 9.41. The molecule has 0 bridgehead atoms. The number of nitrogens with zero attached hydrogens (tertiary/aromatic N) is 1. The summed E-state index contributed by atoms with van der Waals surface area (Å²) in [4.78, 5) is 26.9. The van der Waals surface area contributed by atoms with Gasteiger partial charge >= 0.3 is 0 Å². The van der Waals surface area contributed by atoms with Crippen molar-refractivity contribution in [2.75, 3.05) is 11.5 Å². The highest BCUT2D eigenvalue weighted by molar-refractivity contribution is 7.91. The highest BCUT2D eigenvalue weighted by atomic mass is 32.2. The number of amides is 1. The van der Waals surface area contributed by atoms with E-state index in [9.17, 15) is 27.5 Å². The molecule has 2 fully saturated rings. The summed E-state index contributed by atoms with van der Waals surface area (Å²) in [6, 6.07) is 11.9. The lowest BCUT2D eigenvalue weighted by molar-refractivity contribution is -0.141. The number of aliphatic hydroxyl groups excluding tert-OH is 1. The molecule has 150 valence electrons. The van der Waals surface area contributed by atoms with E-state index in [1.165, 1.54) is 23.1 Å². The van der Waals surface area contributed by atoms with Gasteiger partial charge < -0.3 is 10.0 Å². The van der Waals surface area contributed by atoms with Gasteiger partial charge in [-0.2, -0.15) is 0 Å². The van der Waals surface area contributed by atoms with Crippen LogP contribution in [-0.4, -0.2) is 47.7 Å². The number of rotatable bonds is 3. The van der Waals surface area contributed by atoms with E-state index in [4.69, 9.17) is 0 Å². The topological polar surface area (TPSA) is 91.8 Å². The molecule has 2 aromatic rings. The summed E-state index contributed by atoms with van der Waals surface area (Å²) in [6.45, 7) is 0. The van der Waals surface area contributed by atoms with Crippen LogP contribution in [0.15, 0.2) is 60.2 Å². The molecule has 2 aliphatic rings. The van der Waals surface area contributed by atoms with E-state index < -0.39 is 39.4 Å². The Hall–Kier alpha value is -3.00. The normalized spacial score (nSPS) is 25.5. The van der Waals surface area contributed by atoms with Crippen molar-refractivity contribution in [3.05, 3.63) is 77.1 Å². The van der Waals surface area contributed by atoms with Crippen molar-refractivity contribution in [2.24, 2.45) is 0 Å². The molecule has 2 unspecified atom stereocenters. The zero-order chi connectivity index (χ0) is 20.8. The Morgan fingerprint density at radius 2 is 1.79 bits per heavy atom. The number of hydrogen-bond donors (Lipinski definition) is 1. The minimum absolute atomic E-state index is 0.0881. The van der Waals surface area contributed by atoms with Gasteiger partial charge in [0.1, 0.15) is 11.6 Å². The summed E-state index contributed by atoms with van der Waals surface area (Å²) in [5, 5.41) is 10.8. The zero-order valence-corrected chi connectivity index (χ0v) is 16.1. The van der Waals surface area contributed by atoms with Gasteiger partial charge in [-0.25, -0.2) is 12.8 Å². The van der Waals surface area contributed by atoms with Crippen molar-refractivity contribution in [1.82, 2.24) is 4.90 Å². The number of hydrogen-bond acceptors (Lipinski definition) is 5. The number of ketones is 1. The van der Waals surface area contributed by atoms with E-state index in [2.05, 4.69) is 0 Å². The Morgan fingerprint density at radius 3 is 2.41 bits per heavy atom. The molecular formula is C21H18FNO5S. The number of aliphatic hydroxyl groups is 1. The van der Waals surface area contributed by atoms with Gasteiger partial charge in [-0.05, 0) is 24.1 Å². The maximum absolute atomic E-state index is 13.9. The van der Waals surface area contributed by atoms with Crippen LogP contribution >= 0.6 is 0 Å². The molecule has 0 aromatic heterocycles. The number of sulfone groups is 1. The molecule has 1 amide bonds. The smallest absolute Gasteiger partial charge is 0.295 e. The molecule has 0 saturated carbocycles. The first kappa shape index (κ1) is 19.3. The molecular weight excluding hydrogens is 397 g/mol. The fraction of sp³-hybridized carbons (Fsp3) is 0.238. The van der Waals surface area contributed by atoms with Crippen LogP contribution in [0.4, 0.5) is 4.39 Å². The average molecular weight is 415 g/mol. The monoisotopic (exact) mass is 415 g/mol. The number of halogens is 1. The lowest BCUT2D eigenvalue weighted by atomic mass is 9.94. The number of carbonyl (C=O) groups excluding carboxylic acids is 2. The lowest BCUT2D eigenvalue weighted by Crippen LogP contribution is -2.40. The molecule has 4 rings (SSSR count). The minimum atomic E-state index is -3.34. The van der Waals surface area contributed by atoms with E-state index in [-0.39, 0.29) is 29.3 Å². The van der Waals surface area contributed by atoms with Gasteiger partial charge in [0.25, 0.3) is 11.7 Å². The van der Waals surface area contributed by atoms with E-state index in [1.807, 2.05) is 0 Å². The summed E-state index contributed by atoms with van der Waals surface area (Å²) in [6.07, 6.45) is 0.187. The number of benzene rings is 2. The molecule has 0 spiro atoms. The first-order valence-corrected chi connectivity index (χ1v) is 10.9. The number of likely N-dealkylation sites (tertiary alicyclic amines) is 1. The van der Waals surface area contributed by atoms with Crippen LogP contribution in [-0.2, 0) is 19.4 Å². The summed E-state index contributed by atoms with van der Waals surface area (Å²) >= 11 is 0. The van der Waals surface area contributed by atoms with Crippen LogP contribution in [0.3, 0.4) is 0 Å². The highest BCUT2D eigenvalue weighted by Gasteiger charge is 2.50. The minimum Gasteiger partial charge on any atom is -0.507 e. The van der Waals surface area contributed by atoms with Crippen molar-refractivity contribution in [1.29, 1.82) is 0 Å². The van der Waals surface area contributed by atoms with E-state index in [0.29, 0.717) is 11.1 Å². The van der Waals surface area contributed by atoms with E-state index in [0.717, 1.165) is 0 Å². The molecule has 2 saturated heterocycles. The Bertz CT molecular complexity index is 1130. The summed E-state index contributed by atoms with van der Waals surface area (Å²) in [5.74, 6) is -3.09. The standard InChI is InChI=1S/C21H18FNO5S/c22-15-8-4-7-14(11-15)18-17(19(24)13-5-2-1-3-6-13)20(25)21(26)23(18)16-9-10-29(27,28)12-16/h1-8,11,16,18,24H,9-10,12H2. The number of Topliss-reactive ketones (excluding diaryl/α,β-unsaturated/α-hetero) is 1. The van der Waals surface area contributed by atoms with Gasteiger partial charge in [-0.3, -0.25) is 9.59 Å². The predicted molar refractivity (Wildman–Crippen MR) is 104 cm³/mol. The van der Waals surface area contributed by atoms with E-state index in [1.54, 1.807) is 36.4 Å². The Kier molecular flexibility index (Phi) is 4.74. The van der Waals surface area contributed by atoms with Crippen molar-refractivity contribution >= 4 is 27.3 Å². The zero-order valence-electron chi connectivity index (χ0n) is 15.3. The van der Waals surface area contributed by atoms with Gasteiger partial charge in [0.15, 0.2) is 9.84 Å². The molecule has 2 aliphatic heterocycles. The summed E-state index contributed by atoms with van der Waals surface area (Å²) < 4.78 is 37.9. The Balaban J connectivity index is 1.90. The van der Waals surface area contributed by atoms with Crippen LogP contribution in [0.1, 0.15) is 23.6 Å². The summed E-state index contributed by atoms with van der Waals surface area (Å²) in [5.41, 5.74) is 0.466. The maximum Gasteiger partial charge on any atom is 0.295 e. The molecule has 8 heteroatoms. The summed E-state index contributed by atoms with van der Waals surface area (Å²) in [7, 11) is -3.34. The maximum atomic E-state index is 13.9. The van der Waals surface area contributed by atoms with Crippen molar-refractivity contribution in [2.45, 2.75) is 18.5 Å². The predicted octanol–water partition coefficient (Wildman–Crippen LogP) is 2.43. The molecule has 1 N–H and O–H groups in total. The van der Waals surface area contributed by atoms with Gasteiger partial charge in [-0.1, -0.05) is 42.5 Å². The van der Waals surface area contributed by atoms with Crippen LogP contribution in [0.5, 0.6) is 0 Å². The van der Waals surface area contributed by atoms with Crippen LogP contribution in [0.25, 0.3) is 5.76 Å². The first-order chi connectivity index (χ1) is 13.8. The molecule has 2 atom stereocenters. The molecule has 2 heterocycles. The molecule has 2 aromatic carbocycles. The van der Waals surface area contributed by atoms with Gasteiger partial charge in [0, 0.05) is 11.6 Å². The third kappa shape index (κ3) is 3.44. The lowest BCUT2D eigenvalue weighted by Gasteiger charge is -2.30. The van der Waals surface area contributed by atoms with Crippen molar-refractivity contribution in [3.63, 3.8) is 0 Å². The second kappa shape index (κ2) is 7.11. The first-order valence-electron chi connectivity index (χ1n) is 9.10. The van der Waals surface area contributed by atoms with Crippen molar-refractivity contribution < 1.29 is 27.5 Å². The number of carbonyl (C=O) groups is 2. The fourth-order valence-corrected chi connectivity index (χ4v) is 5.69. The Labute approximate surface area is 167 Å². The quantitative estimate of drug-likeness (QED) is 0.472. The van der Waals surface area contributed by atoms with Crippen LogP contribution < -0.4 is 0 Å². The SMILES string of the molecule is O=C1C(=O)N(C2CCS(=O)(=O)C2)C(c2cccc(F)c2)C1=C(O)c1ccccc1. The van der Waals surface area contributed by atoms with E-state index >= 15 is 0 Å². The van der Waals surface area contributed by atoms with Crippen molar-refractivity contribution in [3.8, 4) is 0 Å². The van der Waals surface area contributed by atoms with Crippen LogP contribution in [0, 0.1) is 5.82 Å². The fourth-order valence-electron chi connectivity index (χ4n) is 3.98. The second-order valence-electron chi connectivity index (χ2n) is 7.18. The molecule has 0 radical (unpaired) electrons. The van der Waals surface area contributed by atoms with Gasteiger partial charge in [-0.15, -0.1) is 0 Å². The third-order valence-electron chi connectivity index (χ3n) is 5.29. The highest BCUT2D eigenvalue weighted by Crippen LogP contribution is 2.42. The molecule has 0 aliphatic carbocycles. The van der Waals surface area contributed by atoms with Gasteiger partial charge in [0.2, 0.25) is 0 Å². The van der Waals surface area contributed by atoms with Gasteiger partial charge in [0.05, 0.1) is 23.1 Å². The van der Waals surface area contributed by atoms with Crippen LogP contribution in [0.2, 0.25) is 0 Å². The molecule has 6 nitrogen and oxygen atoms in total. The third-order valence-corrected chi connectivity index (χ3v) is 7.04. The largest absolute Gasteiger partial charge is 0.507 e.